The van der Waals surface area contributed by atoms with Gasteiger partial charge in [0.05, 0.1) is 0 Å². The molecule has 0 unspecified atom stereocenters. The van der Waals surface area contributed by atoms with Crippen LogP contribution in [-0.4, -0.2) is 18.3 Å². The standard InChI is InChI=1S/H3O4PSSi/c1-5(2,3)4-7-6/h7H,(H2,1,2,3). The summed E-state index contributed by atoms with van der Waals surface area (Å²) < 4.78 is 13.5. The van der Waals surface area contributed by atoms with E-state index in [0.717, 1.165) is 0 Å². The first kappa shape index (κ1) is 7.39. The van der Waals surface area contributed by atoms with Crippen LogP contribution < -0.4 is 0 Å². The lowest BCUT2D eigenvalue weighted by Gasteiger charge is -1.96. The van der Waals surface area contributed by atoms with Gasteiger partial charge in [-0.25, -0.2) is 4.57 Å². The second-order valence-electron chi connectivity index (χ2n) is 0.692. The zero-order chi connectivity index (χ0) is 5.91. The number of hydrogen-bond donors (Lipinski definition) is 2. The van der Waals surface area contributed by atoms with Crippen LogP contribution in [0.15, 0.2) is 0 Å². The van der Waals surface area contributed by atoms with Crippen LogP contribution in [0.4, 0.5) is 0 Å². The van der Waals surface area contributed by atoms with Crippen molar-refractivity contribution >= 4 is 27.9 Å². The van der Waals surface area contributed by atoms with Crippen molar-refractivity contribution in [3.05, 3.63) is 0 Å². The first-order valence-corrected chi connectivity index (χ1v) is 5.12. The van der Waals surface area contributed by atoms with Gasteiger partial charge in [-0.3, -0.25) is 9.79 Å². The molecule has 0 fully saturated rings. The van der Waals surface area contributed by atoms with Crippen LogP contribution >= 0.6 is 19.4 Å². The fourth-order valence-electron chi connectivity index (χ4n) is 0.0561. The van der Waals surface area contributed by atoms with Crippen molar-refractivity contribution in [3.63, 3.8) is 0 Å². The SMILES string of the molecule is O=P(O)(O)O[SiH]=S. The topological polar surface area (TPSA) is 66.8 Å². The molecule has 0 atom stereocenters. The molecule has 0 bridgehead atoms. The van der Waals surface area contributed by atoms with Crippen LogP contribution in [0, 0.1) is 0 Å². The third kappa shape index (κ3) is 6.39. The maximum Gasteiger partial charge on any atom is 0.511 e. The van der Waals surface area contributed by atoms with E-state index in [2.05, 4.69) is 15.8 Å². The molecule has 0 aromatic heterocycles. The highest BCUT2D eigenvalue weighted by Crippen LogP contribution is 2.33. The molecule has 7 heteroatoms. The third-order valence-corrected chi connectivity index (χ3v) is 2.40. The summed E-state index contributed by atoms with van der Waals surface area (Å²) in [5.74, 6) is 0. The van der Waals surface area contributed by atoms with Crippen molar-refractivity contribution in [1.82, 2.24) is 0 Å². The van der Waals surface area contributed by atoms with E-state index in [-0.39, 0.29) is 0 Å². The van der Waals surface area contributed by atoms with Gasteiger partial charge < -0.3 is 4.21 Å². The Morgan fingerprint density at radius 3 is 2.14 bits per heavy atom. The van der Waals surface area contributed by atoms with E-state index in [9.17, 15) is 4.57 Å². The summed E-state index contributed by atoms with van der Waals surface area (Å²) in [7, 11) is -5.20. The number of hydrogen-bond acceptors (Lipinski definition) is 3. The molecular formula is H3O4PSSi. The van der Waals surface area contributed by atoms with E-state index in [4.69, 9.17) is 9.79 Å². The molecule has 0 aromatic rings. The highest BCUT2D eigenvalue weighted by molar-refractivity contribution is 7.85. The van der Waals surface area contributed by atoms with E-state index >= 15 is 0 Å². The van der Waals surface area contributed by atoms with Crippen molar-refractivity contribution in [1.29, 1.82) is 0 Å². The average molecular weight is 158 g/mol. The molecule has 0 amide bonds. The molecule has 0 heterocycles. The molecule has 0 aliphatic carbocycles. The minimum atomic E-state index is -4.23. The Balaban J connectivity index is 3.57. The number of phosphoric acid groups is 1. The van der Waals surface area contributed by atoms with Gasteiger partial charge in [0.15, 0.2) is 0 Å². The van der Waals surface area contributed by atoms with Gasteiger partial charge in [-0.1, -0.05) is 11.6 Å². The van der Waals surface area contributed by atoms with Gasteiger partial charge >= 0.3 is 16.3 Å². The first-order valence-electron chi connectivity index (χ1n) is 1.24. The fraction of sp³-hybridized carbons (Fsp3) is 0. The second-order valence-corrected chi connectivity index (χ2v) is 3.29. The predicted molar refractivity (Wildman–Crippen MR) is 27.9 cm³/mol. The van der Waals surface area contributed by atoms with Crippen molar-refractivity contribution < 1.29 is 18.6 Å². The lowest BCUT2D eigenvalue weighted by atomic mass is 15.7. The highest BCUT2D eigenvalue weighted by atomic mass is 32.2. The van der Waals surface area contributed by atoms with E-state index in [1.54, 1.807) is 0 Å². The summed E-state index contributed by atoms with van der Waals surface area (Å²) in [6.45, 7) is 0. The average Bonchev–Trinajstić information content (AvgIpc) is 1.30. The molecule has 4 nitrogen and oxygen atoms in total. The highest BCUT2D eigenvalue weighted by Gasteiger charge is 2.09. The normalized spacial score (nSPS) is 10.6. The Labute approximate surface area is 47.2 Å². The molecule has 7 heavy (non-hydrogen) atoms. The van der Waals surface area contributed by atoms with Crippen LogP contribution in [0.1, 0.15) is 0 Å². The summed E-state index contributed by atoms with van der Waals surface area (Å²) in [6.07, 6.45) is 0. The third-order valence-electron chi connectivity index (χ3n) is 0.180. The Kier molecular flexibility index (Phi) is 2.78. The molecule has 0 radical (unpaired) electrons. The van der Waals surface area contributed by atoms with Gasteiger partial charge in [-0.15, -0.1) is 0 Å². The summed E-state index contributed by atoms with van der Waals surface area (Å²) in [6, 6.07) is 0. The van der Waals surface area contributed by atoms with Crippen LogP contribution in [0.5, 0.6) is 0 Å². The molecule has 0 aliphatic rings. The van der Waals surface area contributed by atoms with Crippen molar-refractivity contribution in [2.45, 2.75) is 0 Å². The monoisotopic (exact) mass is 158 g/mol. The molecule has 0 aliphatic heterocycles. The van der Waals surface area contributed by atoms with E-state index in [0.29, 0.717) is 0 Å². The summed E-state index contributed by atoms with van der Waals surface area (Å²) in [4.78, 5) is 15.7. The van der Waals surface area contributed by atoms with Crippen molar-refractivity contribution in [2.24, 2.45) is 0 Å². The van der Waals surface area contributed by atoms with Crippen molar-refractivity contribution in [2.75, 3.05) is 0 Å². The molecule has 42 valence electrons. The van der Waals surface area contributed by atoms with Gasteiger partial charge in [0.25, 0.3) is 0 Å². The van der Waals surface area contributed by atoms with Gasteiger partial charge in [0.1, 0.15) is 0 Å². The molecule has 0 rings (SSSR count). The molecule has 0 spiro atoms. The lowest BCUT2D eigenvalue weighted by molar-refractivity contribution is 0.291. The molecule has 0 saturated heterocycles. The molecule has 0 saturated carbocycles. The largest absolute Gasteiger partial charge is 0.511 e. The Morgan fingerprint density at radius 2 is 2.14 bits per heavy atom. The zero-order valence-electron chi connectivity index (χ0n) is 3.14. The van der Waals surface area contributed by atoms with E-state index in [1.807, 2.05) is 0 Å². The van der Waals surface area contributed by atoms with Gasteiger partial charge in [-0.05, 0) is 0 Å². The zero-order valence-corrected chi connectivity index (χ0v) is 6.01. The van der Waals surface area contributed by atoms with Gasteiger partial charge in [0.2, 0.25) is 0 Å². The first-order chi connectivity index (χ1) is 3.06. The van der Waals surface area contributed by atoms with Crippen LogP contribution in [0.3, 0.4) is 0 Å². The number of rotatable bonds is 2. The maximum absolute atomic E-state index is 9.66. The fourth-order valence-corrected chi connectivity index (χ4v) is 1.51. The quantitative estimate of drug-likeness (QED) is 0.421. The smallest absolute Gasteiger partial charge is 0.462 e. The van der Waals surface area contributed by atoms with E-state index < -0.39 is 16.3 Å². The summed E-state index contributed by atoms with van der Waals surface area (Å²) >= 11 is 4.17. The summed E-state index contributed by atoms with van der Waals surface area (Å²) in [5.41, 5.74) is 0. The van der Waals surface area contributed by atoms with Gasteiger partial charge in [-0.2, -0.15) is 0 Å². The van der Waals surface area contributed by atoms with E-state index in [1.165, 1.54) is 0 Å². The lowest BCUT2D eigenvalue weighted by Crippen LogP contribution is -1.81. The molecular weight excluding hydrogens is 155 g/mol. The predicted octanol–water partition coefficient (Wildman–Crippen LogP) is -0.440. The summed E-state index contributed by atoms with van der Waals surface area (Å²) in [5, 5.41) is 0. The van der Waals surface area contributed by atoms with Gasteiger partial charge in [0, 0.05) is 0 Å². The van der Waals surface area contributed by atoms with Crippen LogP contribution in [-0.2, 0) is 8.78 Å². The Hall–Kier alpha value is 0.387. The van der Waals surface area contributed by atoms with Crippen molar-refractivity contribution in [3.8, 4) is 0 Å². The minimum absolute atomic E-state index is 0.970. The second kappa shape index (κ2) is 2.63. The van der Waals surface area contributed by atoms with Crippen LogP contribution in [0.25, 0.3) is 0 Å². The Morgan fingerprint density at radius 1 is 1.71 bits per heavy atom. The molecule has 0 aromatic carbocycles. The molecule has 2 N–H and O–H groups in total. The van der Waals surface area contributed by atoms with Crippen LogP contribution in [0.2, 0.25) is 0 Å². The Bertz CT molecular complexity index is 104. The maximum atomic E-state index is 9.66. The minimum Gasteiger partial charge on any atom is -0.462 e.